The summed E-state index contributed by atoms with van der Waals surface area (Å²) in [6.07, 6.45) is 20.4. The summed E-state index contributed by atoms with van der Waals surface area (Å²) in [6, 6.07) is 0. The summed E-state index contributed by atoms with van der Waals surface area (Å²) in [6.45, 7) is 4.00. The molecule has 0 amide bonds. The minimum atomic E-state index is -4.37. The van der Waals surface area contributed by atoms with Crippen LogP contribution in [0.2, 0.25) is 0 Å². The van der Waals surface area contributed by atoms with Crippen LogP contribution < -0.4 is 0 Å². The van der Waals surface area contributed by atoms with Crippen LogP contribution in [0, 0.1) is 0 Å². The van der Waals surface area contributed by atoms with Crippen LogP contribution in [0.25, 0.3) is 0 Å². The number of phosphoric ester groups is 1. The van der Waals surface area contributed by atoms with E-state index in [0.717, 1.165) is 13.0 Å². The lowest BCUT2D eigenvalue weighted by Gasteiger charge is -2.07. The van der Waals surface area contributed by atoms with Crippen LogP contribution in [0.1, 0.15) is 103 Å². The fourth-order valence-corrected chi connectivity index (χ4v) is 3.42. The van der Waals surface area contributed by atoms with Crippen molar-refractivity contribution in [2.45, 2.75) is 103 Å². The third kappa shape index (κ3) is 26.0. The second-order valence-electron chi connectivity index (χ2n) is 7.50. The molecule has 2 N–H and O–H groups in total. The fourth-order valence-electron chi connectivity index (χ4n) is 3.11. The molecule has 0 saturated carbocycles. The maximum atomic E-state index is 10.4. The Morgan fingerprint density at radius 1 is 0.536 bits per heavy atom. The van der Waals surface area contributed by atoms with Crippen molar-refractivity contribution in [3.63, 3.8) is 0 Å². The van der Waals surface area contributed by atoms with Gasteiger partial charge in [0.25, 0.3) is 0 Å². The van der Waals surface area contributed by atoms with Crippen LogP contribution in [0.5, 0.6) is 0 Å². The van der Waals surface area contributed by atoms with Gasteiger partial charge in [-0.3, -0.25) is 4.52 Å². The molecule has 0 heterocycles. The van der Waals surface area contributed by atoms with Crippen molar-refractivity contribution in [2.75, 3.05) is 33.0 Å². The van der Waals surface area contributed by atoms with Gasteiger partial charge >= 0.3 is 7.82 Å². The van der Waals surface area contributed by atoms with Crippen LogP contribution >= 0.6 is 7.82 Å². The highest BCUT2D eigenvalue weighted by atomic mass is 31.2. The van der Waals surface area contributed by atoms with Gasteiger partial charge < -0.3 is 19.3 Å². The van der Waals surface area contributed by atoms with Crippen LogP contribution in [0.4, 0.5) is 0 Å². The molecule has 0 unspecified atom stereocenters. The lowest BCUT2D eigenvalue weighted by atomic mass is 10.0. The van der Waals surface area contributed by atoms with E-state index in [9.17, 15) is 4.57 Å². The van der Waals surface area contributed by atoms with Gasteiger partial charge in [0.2, 0.25) is 0 Å². The van der Waals surface area contributed by atoms with Crippen LogP contribution in [-0.2, 0) is 18.6 Å². The average molecular weight is 425 g/mol. The zero-order valence-electron chi connectivity index (χ0n) is 18.1. The largest absolute Gasteiger partial charge is 0.469 e. The van der Waals surface area contributed by atoms with Gasteiger partial charge in [-0.15, -0.1) is 0 Å². The average Bonchev–Trinajstić information content (AvgIpc) is 2.65. The molecule has 7 heteroatoms. The van der Waals surface area contributed by atoms with E-state index in [1.54, 1.807) is 0 Å². The number of rotatable bonds is 23. The number of phosphoric acid groups is 1. The zero-order chi connectivity index (χ0) is 20.8. The molecule has 6 nitrogen and oxygen atoms in total. The van der Waals surface area contributed by atoms with Crippen molar-refractivity contribution in [1.82, 2.24) is 0 Å². The van der Waals surface area contributed by atoms with Gasteiger partial charge in [-0.2, -0.15) is 0 Å². The third-order valence-electron chi connectivity index (χ3n) is 4.75. The Balaban J connectivity index is 3.02. The molecule has 170 valence electrons. The SMILES string of the molecule is CCCCCCCCCCCCCCCCCOCCOCCOP(=O)(O)O. The standard InChI is InChI=1S/C21H45O6P/c1-2-3-4-5-6-7-8-9-10-11-12-13-14-15-16-17-25-18-19-26-20-21-27-28(22,23)24/h2-21H2,1H3,(H2,22,23,24). The monoisotopic (exact) mass is 424 g/mol. The molecule has 0 spiro atoms. The van der Waals surface area contributed by atoms with Crippen LogP contribution in [0.3, 0.4) is 0 Å². The smallest absolute Gasteiger partial charge is 0.379 e. The second-order valence-corrected chi connectivity index (χ2v) is 8.74. The Kier molecular flexibility index (Phi) is 21.8. The number of hydrogen-bond donors (Lipinski definition) is 2. The second kappa shape index (κ2) is 21.7. The molecule has 0 fully saturated rings. The summed E-state index contributed by atoms with van der Waals surface area (Å²) in [5.74, 6) is 0. The highest BCUT2D eigenvalue weighted by molar-refractivity contribution is 7.46. The normalized spacial score (nSPS) is 12.0. The summed E-state index contributed by atoms with van der Waals surface area (Å²) in [4.78, 5) is 17.0. The van der Waals surface area contributed by atoms with E-state index in [1.807, 2.05) is 0 Å². The van der Waals surface area contributed by atoms with E-state index in [1.165, 1.54) is 89.9 Å². The van der Waals surface area contributed by atoms with E-state index in [2.05, 4.69) is 11.4 Å². The first-order valence-electron chi connectivity index (χ1n) is 11.4. The molecule has 0 rings (SSSR count). The van der Waals surface area contributed by atoms with Gasteiger partial charge in [0.05, 0.1) is 26.4 Å². The predicted octanol–water partition coefficient (Wildman–Crippen LogP) is 6.00. The lowest BCUT2D eigenvalue weighted by molar-refractivity contribution is 0.0312. The van der Waals surface area contributed by atoms with Gasteiger partial charge in [-0.05, 0) is 6.42 Å². The number of unbranched alkanes of at least 4 members (excludes halogenated alkanes) is 14. The van der Waals surface area contributed by atoms with E-state index in [-0.39, 0.29) is 13.2 Å². The van der Waals surface area contributed by atoms with Crippen molar-refractivity contribution in [3.8, 4) is 0 Å². The minimum Gasteiger partial charge on any atom is -0.379 e. The van der Waals surface area contributed by atoms with Crippen molar-refractivity contribution in [3.05, 3.63) is 0 Å². The molecule has 28 heavy (non-hydrogen) atoms. The highest BCUT2D eigenvalue weighted by Gasteiger charge is 2.12. The first kappa shape index (κ1) is 28.0. The third-order valence-corrected chi connectivity index (χ3v) is 5.27. The topological polar surface area (TPSA) is 85.2 Å². The molecule has 0 aromatic rings. The Morgan fingerprint density at radius 2 is 0.893 bits per heavy atom. The Labute approximate surface area is 173 Å². The summed E-state index contributed by atoms with van der Waals surface area (Å²) in [7, 11) is -4.37. The highest BCUT2D eigenvalue weighted by Crippen LogP contribution is 2.35. The van der Waals surface area contributed by atoms with Crippen molar-refractivity contribution >= 4 is 7.82 Å². The van der Waals surface area contributed by atoms with E-state index < -0.39 is 7.82 Å². The lowest BCUT2D eigenvalue weighted by Crippen LogP contribution is -2.09. The quantitative estimate of drug-likeness (QED) is 0.155. The first-order valence-corrected chi connectivity index (χ1v) is 12.9. The molecule has 0 atom stereocenters. The maximum absolute atomic E-state index is 10.4. The zero-order valence-corrected chi connectivity index (χ0v) is 19.0. The van der Waals surface area contributed by atoms with Gasteiger partial charge in [0.15, 0.2) is 0 Å². The van der Waals surface area contributed by atoms with Gasteiger partial charge in [0.1, 0.15) is 0 Å². The summed E-state index contributed by atoms with van der Waals surface area (Å²) < 4.78 is 25.3. The van der Waals surface area contributed by atoms with E-state index >= 15 is 0 Å². The minimum absolute atomic E-state index is 0.108. The van der Waals surface area contributed by atoms with Crippen molar-refractivity contribution in [1.29, 1.82) is 0 Å². The summed E-state index contributed by atoms with van der Waals surface area (Å²) in [5, 5.41) is 0. The van der Waals surface area contributed by atoms with E-state index in [4.69, 9.17) is 19.3 Å². The van der Waals surface area contributed by atoms with Gasteiger partial charge in [-0.25, -0.2) is 4.57 Å². The predicted molar refractivity (Wildman–Crippen MR) is 115 cm³/mol. The molecule has 0 aliphatic heterocycles. The van der Waals surface area contributed by atoms with Crippen molar-refractivity contribution in [2.24, 2.45) is 0 Å². The summed E-state index contributed by atoms with van der Waals surface area (Å²) in [5.41, 5.74) is 0. The molecular formula is C21H45O6P. The van der Waals surface area contributed by atoms with Crippen molar-refractivity contribution < 1.29 is 28.3 Å². The molecule has 0 radical (unpaired) electrons. The number of ether oxygens (including phenoxy) is 2. The molecule has 0 aliphatic carbocycles. The number of hydrogen-bond acceptors (Lipinski definition) is 4. The molecule has 0 aromatic carbocycles. The van der Waals surface area contributed by atoms with Gasteiger partial charge in [0, 0.05) is 6.61 Å². The van der Waals surface area contributed by atoms with E-state index in [0.29, 0.717) is 13.2 Å². The fraction of sp³-hybridized carbons (Fsp3) is 1.00. The first-order chi connectivity index (χ1) is 13.6. The molecule has 0 aromatic heterocycles. The molecule has 0 saturated heterocycles. The Hall–Kier alpha value is 0.0300. The Morgan fingerprint density at radius 3 is 1.32 bits per heavy atom. The maximum Gasteiger partial charge on any atom is 0.469 e. The van der Waals surface area contributed by atoms with Gasteiger partial charge in [-0.1, -0.05) is 96.8 Å². The molecular weight excluding hydrogens is 379 g/mol. The van der Waals surface area contributed by atoms with Crippen LogP contribution in [-0.4, -0.2) is 42.8 Å². The molecule has 0 bridgehead atoms. The molecule has 0 aliphatic rings. The van der Waals surface area contributed by atoms with Crippen LogP contribution in [0.15, 0.2) is 0 Å². The Bertz CT molecular complexity index is 348. The summed E-state index contributed by atoms with van der Waals surface area (Å²) >= 11 is 0.